The lowest BCUT2D eigenvalue weighted by molar-refractivity contribution is 0.0583. The van der Waals surface area contributed by atoms with Gasteiger partial charge in [0.15, 0.2) is 0 Å². The quantitative estimate of drug-likeness (QED) is 0.605. The van der Waals surface area contributed by atoms with E-state index < -0.39 is 5.91 Å². The van der Waals surface area contributed by atoms with Gasteiger partial charge in [-0.1, -0.05) is 0 Å². The zero-order chi connectivity index (χ0) is 21.5. The number of pyridine rings is 1. The molecule has 0 spiro atoms. The number of hydrogen-bond acceptors (Lipinski definition) is 5. The molecule has 3 aromatic rings. The van der Waals surface area contributed by atoms with Crippen molar-refractivity contribution in [1.82, 2.24) is 14.9 Å². The molecule has 0 aliphatic carbocycles. The summed E-state index contributed by atoms with van der Waals surface area (Å²) in [6.45, 7) is 0. The number of carbonyl (C=O) groups is 2. The lowest BCUT2D eigenvalue weighted by atomic mass is 9.95. The Morgan fingerprint density at radius 2 is 1.87 bits per heavy atom. The van der Waals surface area contributed by atoms with Crippen molar-refractivity contribution in [1.29, 1.82) is 5.26 Å². The minimum atomic E-state index is -0.519. The number of aromatic amines is 1. The highest BCUT2D eigenvalue weighted by atomic mass is 16.2. The number of nitrogens with zero attached hydrogens (tertiary/aromatic N) is 3. The molecular formula is C23H22N6O2. The Morgan fingerprint density at radius 3 is 2.52 bits per heavy atom. The van der Waals surface area contributed by atoms with E-state index >= 15 is 0 Å². The molecule has 2 aliphatic rings. The van der Waals surface area contributed by atoms with Gasteiger partial charge in [0.1, 0.15) is 5.65 Å². The Bertz CT molecular complexity index is 1200. The van der Waals surface area contributed by atoms with E-state index in [-0.39, 0.29) is 24.0 Å². The summed E-state index contributed by atoms with van der Waals surface area (Å²) in [5, 5.41) is 13.4. The van der Waals surface area contributed by atoms with Crippen molar-refractivity contribution >= 4 is 28.5 Å². The third kappa shape index (κ3) is 3.28. The number of nitrogens with two attached hydrogens (primary N) is 1. The minimum Gasteiger partial charge on any atom is -0.381 e. The predicted molar refractivity (Wildman–Crippen MR) is 115 cm³/mol. The molecule has 4 heterocycles. The Labute approximate surface area is 179 Å². The van der Waals surface area contributed by atoms with Crippen molar-refractivity contribution in [2.24, 2.45) is 5.73 Å². The molecule has 3 atom stereocenters. The third-order valence-corrected chi connectivity index (χ3v) is 6.43. The van der Waals surface area contributed by atoms with Gasteiger partial charge >= 0.3 is 0 Å². The van der Waals surface area contributed by atoms with E-state index in [0.717, 1.165) is 31.1 Å². The highest BCUT2D eigenvalue weighted by Gasteiger charge is 2.43. The number of anilines is 1. The lowest BCUT2D eigenvalue weighted by Gasteiger charge is -2.40. The van der Waals surface area contributed by atoms with Crippen molar-refractivity contribution in [2.45, 2.75) is 43.8 Å². The van der Waals surface area contributed by atoms with Crippen LogP contribution in [0.3, 0.4) is 0 Å². The fourth-order valence-corrected chi connectivity index (χ4v) is 5.02. The topological polar surface area (TPSA) is 128 Å². The molecule has 2 amide bonds. The van der Waals surface area contributed by atoms with Crippen molar-refractivity contribution in [3.8, 4) is 6.07 Å². The van der Waals surface area contributed by atoms with Crippen LogP contribution in [0.5, 0.6) is 0 Å². The van der Waals surface area contributed by atoms with Crippen molar-refractivity contribution in [3.63, 3.8) is 0 Å². The molecule has 5 rings (SSSR count). The second-order valence-corrected chi connectivity index (χ2v) is 8.25. The lowest BCUT2D eigenvalue weighted by Crippen LogP contribution is -2.49. The molecule has 2 aliphatic heterocycles. The predicted octanol–water partition coefficient (Wildman–Crippen LogP) is 2.78. The number of hydrogen-bond donors (Lipinski definition) is 3. The van der Waals surface area contributed by atoms with Crippen LogP contribution in [0.2, 0.25) is 0 Å². The van der Waals surface area contributed by atoms with Gasteiger partial charge in [0.25, 0.3) is 11.8 Å². The Balaban J connectivity index is 1.37. The molecule has 0 saturated carbocycles. The maximum atomic E-state index is 13.2. The van der Waals surface area contributed by atoms with Gasteiger partial charge in [-0.25, -0.2) is 4.98 Å². The molecule has 8 nitrogen and oxygen atoms in total. The molecule has 4 N–H and O–H groups in total. The average Bonchev–Trinajstić information content (AvgIpc) is 3.36. The van der Waals surface area contributed by atoms with Crippen LogP contribution in [0.25, 0.3) is 11.0 Å². The van der Waals surface area contributed by atoms with Crippen molar-refractivity contribution < 1.29 is 9.59 Å². The zero-order valence-electron chi connectivity index (χ0n) is 16.8. The van der Waals surface area contributed by atoms with Crippen LogP contribution < -0.4 is 11.1 Å². The minimum absolute atomic E-state index is 0.0187. The summed E-state index contributed by atoms with van der Waals surface area (Å²) in [6, 6.07) is 11.2. The van der Waals surface area contributed by atoms with Crippen LogP contribution in [-0.2, 0) is 0 Å². The number of H-pyrrole nitrogens is 1. The fraction of sp³-hybridized carbons (Fsp3) is 0.304. The standard InChI is InChI=1S/C23H22N6O2/c24-11-13-1-3-14(4-2-13)23(31)29-16-5-6-17(29)10-15(9-16)28-20-18-7-8-26-22(18)27-12-19(20)21(25)30/h1-4,7-8,12,15-17H,5-6,9-10H2,(H2,25,30)(H2,26,27,28)/t15-,16-,17+. The third-order valence-electron chi connectivity index (χ3n) is 6.43. The molecule has 8 heteroatoms. The summed E-state index contributed by atoms with van der Waals surface area (Å²) < 4.78 is 0. The van der Waals surface area contributed by atoms with Crippen molar-refractivity contribution in [3.05, 3.63) is 59.4 Å². The van der Waals surface area contributed by atoms with Gasteiger partial charge in [-0.05, 0) is 56.0 Å². The first-order valence-corrected chi connectivity index (χ1v) is 10.4. The van der Waals surface area contributed by atoms with Gasteiger partial charge < -0.3 is 20.9 Å². The molecule has 31 heavy (non-hydrogen) atoms. The van der Waals surface area contributed by atoms with Gasteiger partial charge in [0.05, 0.1) is 22.9 Å². The maximum Gasteiger partial charge on any atom is 0.254 e. The summed E-state index contributed by atoms with van der Waals surface area (Å²) in [7, 11) is 0. The maximum absolute atomic E-state index is 13.2. The van der Waals surface area contributed by atoms with Crippen LogP contribution >= 0.6 is 0 Å². The SMILES string of the molecule is N#Cc1ccc(C(=O)N2[C@@H]3CC[C@H]2C[C@H](Nc2c(C(N)=O)cnc4[nH]ccc24)C3)cc1. The summed E-state index contributed by atoms with van der Waals surface area (Å²) >= 11 is 0. The van der Waals surface area contributed by atoms with Gasteiger partial charge in [0.2, 0.25) is 0 Å². The molecule has 0 unspecified atom stereocenters. The van der Waals surface area contributed by atoms with Gasteiger partial charge in [-0.3, -0.25) is 9.59 Å². The second kappa shape index (κ2) is 7.43. The summed E-state index contributed by atoms with van der Waals surface area (Å²) in [6.07, 6.45) is 6.81. The van der Waals surface area contributed by atoms with Gasteiger partial charge in [0, 0.05) is 41.5 Å². The van der Waals surface area contributed by atoms with Crippen LogP contribution in [0.4, 0.5) is 5.69 Å². The monoisotopic (exact) mass is 414 g/mol. The first-order chi connectivity index (χ1) is 15.0. The second-order valence-electron chi connectivity index (χ2n) is 8.25. The van der Waals surface area contributed by atoms with Crippen LogP contribution in [0.1, 0.15) is 52.0 Å². The average molecular weight is 414 g/mol. The molecular weight excluding hydrogens is 392 g/mol. The van der Waals surface area contributed by atoms with Crippen LogP contribution in [0.15, 0.2) is 42.7 Å². The molecule has 2 aromatic heterocycles. The van der Waals surface area contributed by atoms with Gasteiger partial charge in [-0.2, -0.15) is 5.26 Å². The van der Waals surface area contributed by atoms with Crippen LogP contribution in [-0.4, -0.2) is 44.8 Å². The summed E-state index contributed by atoms with van der Waals surface area (Å²) in [5.74, 6) is -0.500. The molecule has 0 radical (unpaired) electrons. The normalized spacial score (nSPS) is 22.3. The first-order valence-electron chi connectivity index (χ1n) is 10.4. The number of amides is 2. The van der Waals surface area contributed by atoms with E-state index in [1.54, 1.807) is 30.5 Å². The zero-order valence-corrected chi connectivity index (χ0v) is 16.8. The number of nitriles is 1. The first kappa shape index (κ1) is 19.1. The molecule has 2 saturated heterocycles. The van der Waals surface area contributed by atoms with Crippen molar-refractivity contribution in [2.75, 3.05) is 5.32 Å². The molecule has 2 bridgehead atoms. The number of nitrogens with one attached hydrogen (secondary N) is 2. The van der Waals surface area contributed by atoms with E-state index in [4.69, 9.17) is 11.0 Å². The number of fused-ring (bicyclic) bond motifs is 3. The van der Waals surface area contributed by atoms with E-state index in [2.05, 4.69) is 21.4 Å². The number of aromatic nitrogens is 2. The van der Waals surface area contributed by atoms with E-state index in [0.29, 0.717) is 28.0 Å². The highest BCUT2D eigenvalue weighted by molar-refractivity contribution is 6.06. The Kier molecular flexibility index (Phi) is 4.59. The van der Waals surface area contributed by atoms with Crippen LogP contribution in [0, 0.1) is 11.3 Å². The Hall–Kier alpha value is -3.86. The number of primary amides is 1. The Morgan fingerprint density at radius 1 is 1.16 bits per heavy atom. The van der Waals surface area contributed by atoms with E-state index in [1.807, 2.05) is 11.0 Å². The number of rotatable bonds is 4. The van der Waals surface area contributed by atoms with E-state index in [1.165, 1.54) is 6.20 Å². The molecule has 156 valence electrons. The highest BCUT2D eigenvalue weighted by Crippen LogP contribution is 2.39. The number of carbonyl (C=O) groups excluding carboxylic acids is 2. The molecule has 2 fully saturated rings. The number of benzene rings is 1. The number of piperidine rings is 1. The summed E-state index contributed by atoms with van der Waals surface area (Å²) in [5.41, 5.74) is 8.52. The van der Waals surface area contributed by atoms with Gasteiger partial charge in [-0.15, -0.1) is 0 Å². The molecule has 1 aromatic carbocycles. The van der Waals surface area contributed by atoms with E-state index in [9.17, 15) is 9.59 Å². The fourth-order valence-electron chi connectivity index (χ4n) is 5.02. The smallest absolute Gasteiger partial charge is 0.254 e. The summed E-state index contributed by atoms with van der Waals surface area (Å²) in [4.78, 5) is 34.5. The largest absolute Gasteiger partial charge is 0.381 e.